The van der Waals surface area contributed by atoms with Crippen molar-refractivity contribution in [3.8, 4) is 0 Å². The third-order valence-electron chi connectivity index (χ3n) is 17.6. The Balaban J connectivity index is 3.32. The Bertz CT molecular complexity index is 1210. The summed E-state index contributed by atoms with van der Waals surface area (Å²) in [5, 5.41) is 23.2. The van der Waals surface area contributed by atoms with Crippen molar-refractivity contribution in [1.82, 2.24) is 5.32 Å². The molecule has 0 fully saturated rings. The first-order valence-corrected chi connectivity index (χ1v) is 37.0. The van der Waals surface area contributed by atoms with Crippen LogP contribution in [0.2, 0.25) is 0 Å². The first-order valence-electron chi connectivity index (χ1n) is 37.0. The zero-order valence-corrected chi connectivity index (χ0v) is 54.6. The minimum atomic E-state index is -0.840. The zero-order valence-electron chi connectivity index (χ0n) is 54.6. The Labute approximate surface area is 501 Å². The number of unbranched alkanes of at least 4 members (excludes halogenated alkanes) is 59. The molecule has 2 atom stereocenters. The van der Waals surface area contributed by atoms with E-state index in [0.717, 1.165) is 38.5 Å². The fourth-order valence-corrected chi connectivity index (χ4v) is 11.9. The number of amides is 1. The van der Waals surface area contributed by atoms with E-state index in [2.05, 4.69) is 19.2 Å². The van der Waals surface area contributed by atoms with Crippen molar-refractivity contribution in [2.45, 2.75) is 437 Å². The van der Waals surface area contributed by atoms with Gasteiger partial charge in [-0.1, -0.05) is 392 Å². The molecule has 0 aromatic heterocycles. The predicted octanol–water partition coefficient (Wildman–Crippen LogP) is 23.9. The molecule has 476 valence electrons. The molecule has 0 spiro atoms. The second kappa shape index (κ2) is 70.1. The molecule has 6 heteroatoms. The van der Waals surface area contributed by atoms with Crippen LogP contribution in [0, 0.1) is 0 Å². The van der Waals surface area contributed by atoms with Crippen molar-refractivity contribution in [2.75, 3.05) is 13.2 Å². The molecule has 0 saturated heterocycles. The Hall–Kier alpha value is -1.40. The lowest BCUT2D eigenvalue weighted by Gasteiger charge is -2.20. The van der Waals surface area contributed by atoms with Crippen LogP contribution in [-0.2, 0) is 14.3 Å². The number of carbonyl (C=O) groups excluding carboxylic acids is 2. The van der Waals surface area contributed by atoms with Crippen molar-refractivity contribution in [3.05, 3.63) is 12.2 Å². The number of allylic oxidation sites excluding steroid dienone is 1. The fourth-order valence-electron chi connectivity index (χ4n) is 11.9. The van der Waals surface area contributed by atoms with Crippen molar-refractivity contribution in [1.29, 1.82) is 0 Å². The van der Waals surface area contributed by atoms with E-state index < -0.39 is 12.1 Å². The molecule has 0 aliphatic rings. The molecule has 1 amide bonds. The van der Waals surface area contributed by atoms with Crippen LogP contribution < -0.4 is 5.32 Å². The summed E-state index contributed by atoms with van der Waals surface area (Å²) < 4.78 is 5.50. The van der Waals surface area contributed by atoms with Gasteiger partial charge in [0.25, 0.3) is 0 Å². The highest BCUT2D eigenvalue weighted by Crippen LogP contribution is 2.20. The lowest BCUT2D eigenvalue weighted by molar-refractivity contribution is -0.143. The number of hydrogen-bond acceptors (Lipinski definition) is 5. The van der Waals surface area contributed by atoms with Gasteiger partial charge in [0.2, 0.25) is 5.91 Å². The summed E-state index contributed by atoms with van der Waals surface area (Å²) in [7, 11) is 0. The Morgan fingerprint density at radius 2 is 0.575 bits per heavy atom. The SMILES string of the molecule is CCCCCCCCCCCCCCCC/C=C/C(O)C(CO)NC(=O)CCCCCCCCCCCCCCCCCCCCCCCCCCCCCCCCCCCOC(=O)CCCCCCCCCCCCCCCC. The van der Waals surface area contributed by atoms with Gasteiger partial charge in [0, 0.05) is 12.8 Å². The average Bonchev–Trinajstić information content (AvgIpc) is 3.46. The minimum Gasteiger partial charge on any atom is -0.466 e. The molecule has 0 saturated carbocycles. The summed E-state index contributed by atoms with van der Waals surface area (Å²) in [6.45, 7) is 4.95. The van der Waals surface area contributed by atoms with Crippen LogP contribution in [0.3, 0.4) is 0 Å². The highest BCUT2D eigenvalue weighted by Gasteiger charge is 2.18. The summed E-state index contributed by atoms with van der Waals surface area (Å²) in [5.74, 6) is -0.0350. The molecular formula is C74H145NO5. The third kappa shape index (κ3) is 65.7. The maximum absolute atomic E-state index is 12.5. The van der Waals surface area contributed by atoms with E-state index in [1.807, 2.05) is 6.08 Å². The summed E-state index contributed by atoms with van der Waals surface area (Å²) in [6.07, 6.45) is 87.4. The molecule has 0 rings (SSSR count). The van der Waals surface area contributed by atoms with Crippen LogP contribution in [0.5, 0.6) is 0 Å². The van der Waals surface area contributed by atoms with Gasteiger partial charge in [-0.05, 0) is 32.1 Å². The van der Waals surface area contributed by atoms with E-state index in [4.69, 9.17) is 4.74 Å². The van der Waals surface area contributed by atoms with Gasteiger partial charge in [-0.15, -0.1) is 0 Å². The Morgan fingerprint density at radius 3 is 0.850 bits per heavy atom. The fraction of sp³-hybridized carbons (Fsp3) is 0.946. The molecule has 0 aromatic rings. The molecule has 2 unspecified atom stereocenters. The average molecular weight is 1130 g/mol. The zero-order chi connectivity index (χ0) is 57.8. The molecule has 0 aromatic carbocycles. The molecule has 0 aliphatic heterocycles. The Morgan fingerprint density at radius 1 is 0.338 bits per heavy atom. The number of aliphatic hydroxyl groups is 2. The predicted molar refractivity (Wildman–Crippen MR) is 352 cm³/mol. The quantitative estimate of drug-likeness (QED) is 0.0320. The van der Waals surface area contributed by atoms with Gasteiger partial charge in [-0.3, -0.25) is 9.59 Å². The number of nitrogens with one attached hydrogen (secondary N) is 1. The maximum atomic E-state index is 12.5. The van der Waals surface area contributed by atoms with Crippen LogP contribution >= 0.6 is 0 Å². The monoisotopic (exact) mass is 1130 g/mol. The van der Waals surface area contributed by atoms with Crippen molar-refractivity contribution < 1.29 is 24.5 Å². The standard InChI is InChI=1S/C74H145NO5/c1-3-5-7-9-11-13-15-17-19-39-42-46-50-54-58-62-66-72(77)71(70-76)75-73(78)67-63-59-55-51-47-43-40-37-35-33-31-29-27-25-23-21-20-22-24-26-28-30-32-34-36-38-41-45-49-53-57-61-65-69-80-74(79)68-64-60-56-52-48-44-18-16-14-12-10-8-6-4-2/h62,66,71-72,76-77H,3-61,63-65,67-70H2,1-2H3,(H,75,78)/b66-62+. The largest absolute Gasteiger partial charge is 0.466 e. The first-order chi connectivity index (χ1) is 39.5. The maximum Gasteiger partial charge on any atom is 0.305 e. The minimum absolute atomic E-state index is 0.0247. The van der Waals surface area contributed by atoms with Gasteiger partial charge in [-0.2, -0.15) is 0 Å². The van der Waals surface area contributed by atoms with Crippen LogP contribution in [-0.4, -0.2) is 47.4 Å². The second-order valence-electron chi connectivity index (χ2n) is 25.6. The topological polar surface area (TPSA) is 95.9 Å². The molecule has 3 N–H and O–H groups in total. The number of esters is 1. The summed E-state index contributed by atoms with van der Waals surface area (Å²) in [5.41, 5.74) is 0. The Kier molecular flexibility index (Phi) is 68.9. The van der Waals surface area contributed by atoms with Gasteiger partial charge in [-0.25, -0.2) is 0 Å². The van der Waals surface area contributed by atoms with Gasteiger partial charge >= 0.3 is 5.97 Å². The number of aliphatic hydroxyl groups excluding tert-OH is 2. The number of rotatable bonds is 70. The highest BCUT2D eigenvalue weighted by molar-refractivity contribution is 5.76. The van der Waals surface area contributed by atoms with E-state index in [9.17, 15) is 19.8 Å². The van der Waals surface area contributed by atoms with Gasteiger partial charge in [0.1, 0.15) is 0 Å². The summed E-state index contributed by atoms with van der Waals surface area (Å²) in [4.78, 5) is 24.6. The number of ether oxygens (including phenoxy) is 1. The van der Waals surface area contributed by atoms with E-state index in [1.54, 1.807) is 6.08 Å². The summed E-state index contributed by atoms with van der Waals surface area (Å²) >= 11 is 0. The van der Waals surface area contributed by atoms with Gasteiger partial charge in [0.05, 0.1) is 25.4 Å². The highest BCUT2D eigenvalue weighted by atomic mass is 16.5. The molecule has 6 nitrogen and oxygen atoms in total. The molecule has 0 radical (unpaired) electrons. The molecule has 0 aliphatic carbocycles. The lowest BCUT2D eigenvalue weighted by Crippen LogP contribution is -2.45. The van der Waals surface area contributed by atoms with E-state index in [-0.39, 0.29) is 18.5 Å². The van der Waals surface area contributed by atoms with Crippen LogP contribution in [0.1, 0.15) is 425 Å². The lowest BCUT2D eigenvalue weighted by atomic mass is 10.0. The summed E-state index contributed by atoms with van der Waals surface area (Å²) in [6, 6.07) is -0.623. The first kappa shape index (κ1) is 78.6. The van der Waals surface area contributed by atoms with Crippen LogP contribution in [0.15, 0.2) is 12.2 Å². The molecule has 0 heterocycles. The van der Waals surface area contributed by atoms with Gasteiger partial charge < -0.3 is 20.3 Å². The molecular weight excluding hydrogens is 983 g/mol. The smallest absolute Gasteiger partial charge is 0.305 e. The van der Waals surface area contributed by atoms with Crippen molar-refractivity contribution >= 4 is 11.9 Å². The van der Waals surface area contributed by atoms with E-state index in [0.29, 0.717) is 19.4 Å². The van der Waals surface area contributed by atoms with Crippen molar-refractivity contribution in [2.24, 2.45) is 0 Å². The molecule has 80 heavy (non-hydrogen) atoms. The van der Waals surface area contributed by atoms with E-state index >= 15 is 0 Å². The molecule has 0 bridgehead atoms. The third-order valence-corrected chi connectivity index (χ3v) is 17.6. The number of hydrogen-bond donors (Lipinski definition) is 3. The normalized spacial score (nSPS) is 12.5. The van der Waals surface area contributed by atoms with Crippen molar-refractivity contribution in [3.63, 3.8) is 0 Å². The number of carbonyl (C=O) groups is 2. The van der Waals surface area contributed by atoms with Crippen LogP contribution in [0.4, 0.5) is 0 Å². The van der Waals surface area contributed by atoms with E-state index in [1.165, 1.54) is 360 Å². The van der Waals surface area contributed by atoms with Crippen LogP contribution in [0.25, 0.3) is 0 Å². The second-order valence-corrected chi connectivity index (χ2v) is 25.6. The van der Waals surface area contributed by atoms with Gasteiger partial charge in [0.15, 0.2) is 0 Å².